The van der Waals surface area contributed by atoms with Gasteiger partial charge in [0, 0.05) is 17.8 Å². The molecule has 112 valence electrons. The second kappa shape index (κ2) is 4.76. The van der Waals surface area contributed by atoms with Crippen molar-refractivity contribution in [2.24, 2.45) is 0 Å². The van der Waals surface area contributed by atoms with Gasteiger partial charge in [-0.2, -0.15) is 14.6 Å². The Morgan fingerprint density at radius 3 is 2.77 bits per heavy atom. The van der Waals surface area contributed by atoms with Crippen LogP contribution in [0.15, 0.2) is 30.6 Å². The molecule has 3 heterocycles. The van der Waals surface area contributed by atoms with Crippen LogP contribution in [0, 0.1) is 12.7 Å². The van der Waals surface area contributed by atoms with Crippen LogP contribution >= 0.6 is 0 Å². The molecule has 5 nitrogen and oxygen atoms in total. The molecule has 0 radical (unpaired) electrons. The Morgan fingerprint density at radius 2 is 2.00 bits per heavy atom. The second-order valence-corrected chi connectivity index (χ2v) is 5.64. The van der Waals surface area contributed by atoms with Gasteiger partial charge in [-0.15, -0.1) is 0 Å². The fraction of sp³-hybridized carbons (Fsp3) is 0.312. The molecule has 0 spiro atoms. The highest BCUT2D eigenvalue weighted by molar-refractivity contribution is 5.59. The van der Waals surface area contributed by atoms with Crippen molar-refractivity contribution in [2.75, 3.05) is 11.4 Å². The monoisotopic (exact) mass is 297 g/mol. The molecule has 0 fully saturated rings. The van der Waals surface area contributed by atoms with Gasteiger partial charge in [-0.3, -0.25) is 0 Å². The van der Waals surface area contributed by atoms with Crippen LogP contribution < -0.4 is 4.90 Å². The third kappa shape index (κ3) is 1.87. The quantitative estimate of drug-likeness (QED) is 0.729. The van der Waals surface area contributed by atoms with Crippen LogP contribution in [0.25, 0.3) is 5.78 Å². The van der Waals surface area contributed by atoms with Gasteiger partial charge in [0.05, 0.1) is 6.04 Å². The molecule has 0 saturated heterocycles. The van der Waals surface area contributed by atoms with E-state index in [1.54, 1.807) is 4.52 Å². The van der Waals surface area contributed by atoms with Crippen molar-refractivity contribution in [3.63, 3.8) is 0 Å². The molecule has 6 heteroatoms. The van der Waals surface area contributed by atoms with Gasteiger partial charge >= 0.3 is 0 Å². The lowest BCUT2D eigenvalue weighted by molar-refractivity contribution is 0.623. The zero-order valence-corrected chi connectivity index (χ0v) is 12.5. The van der Waals surface area contributed by atoms with E-state index in [1.807, 2.05) is 19.1 Å². The van der Waals surface area contributed by atoms with Gasteiger partial charge in [0.2, 0.25) is 0 Å². The first kappa shape index (κ1) is 13.2. The van der Waals surface area contributed by atoms with Crippen molar-refractivity contribution in [2.45, 2.75) is 26.3 Å². The lowest BCUT2D eigenvalue weighted by atomic mass is 10.1. The topological polar surface area (TPSA) is 46.3 Å². The number of halogens is 1. The summed E-state index contributed by atoms with van der Waals surface area (Å²) in [6.07, 6.45) is 2.47. The van der Waals surface area contributed by atoms with E-state index < -0.39 is 0 Å². The third-order valence-electron chi connectivity index (χ3n) is 4.40. The molecule has 4 rings (SSSR count). The first-order chi connectivity index (χ1) is 10.6. The number of anilines is 1. The van der Waals surface area contributed by atoms with Crippen molar-refractivity contribution in [3.05, 3.63) is 53.2 Å². The maximum absolute atomic E-state index is 13.1. The molecule has 1 aliphatic heterocycles. The lowest BCUT2D eigenvalue weighted by Gasteiger charge is -2.27. The second-order valence-electron chi connectivity index (χ2n) is 5.64. The van der Waals surface area contributed by atoms with Crippen LogP contribution in [0.5, 0.6) is 0 Å². The van der Waals surface area contributed by atoms with Gasteiger partial charge in [-0.1, -0.05) is 12.1 Å². The Morgan fingerprint density at radius 1 is 1.23 bits per heavy atom. The minimum atomic E-state index is -0.212. The minimum absolute atomic E-state index is 0.135. The fourth-order valence-corrected chi connectivity index (χ4v) is 3.19. The summed E-state index contributed by atoms with van der Waals surface area (Å²) in [6.45, 7) is 5.04. The first-order valence-electron chi connectivity index (χ1n) is 7.36. The van der Waals surface area contributed by atoms with E-state index in [-0.39, 0.29) is 11.9 Å². The van der Waals surface area contributed by atoms with Crippen molar-refractivity contribution < 1.29 is 4.39 Å². The first-order valence-corrected chi connectivity index (χ1v) is 7.36. The van der Waals surface area contributed by atoms with Crippen molar-refractivity contribution in [1.29, 1.82) is 0 Å². The number of aromatic nitrogens is 4. The molecule has 1 atom stereocenters. The van der Waals surface area contributed by atoms with E-state index in [0.29, 0.717) is 5.78 Å². The largest absolute Gasteiger partial charge is 0.349 e. The molecule has 0 aliphatic carbocycles. The lowest BCUT2D eigenvalue weighted by Crippen LogP contribution is -2.26. The van der Waals surface area contributed by atoms with Gasteiger partial charge in [0.15, 0.2) is 0 Å². The van der Waals surface area contributed by atoms with E-state index in [9.17, 15) is 4.39 Å². The smallest absolute Gasteiger partial charge is 0.254 e. The maximum Gasteiger partial charge on any atom is 0.254 e. The van der Waals surface area contributed by atoms with Gasteiger partial charge in [-0.25, -0.2) is 9.37 Å². The van der Waals surface area contributed by atoms with Gasteiger partial charge < -0.3 is 4.90 Å². The van der Waals surface area contributed by atoms with Crippen LogP contribution in [-0.2, 0) is 6.42 Å². The van der Waals surface area contributed by atoms with Crippen LogP contribution in [0.4, 0.5) is 10.2 Å². The van der Waals surface area contributed by atoms with Crippen LogP contribution in [-0.4, -0.2) is 26.1 Å². The fourth-order valence-electron chi connectivity index (χ4n) is 3.19. The average Bonchev–Trinajstić information content (AvgIpc) is 3.13. The molecule has 0 N–H and O–H groups in total. The number of hydrogen-bond donors (Lipinski definition) is 0. The summed E-state index contributed by atoms with van der Waals surface area (Å²) >= 11 is 0. The summed E-state index contributed by atoms with van der Waals surface area (Å²) in [6, 6.07) is 6.82. The Hall–Kier alpha value is -2.50. The van der Waals surface area contributed by atoms with Crippen molar-refractivity contribution in [3.8, 4) is 0 Å². The molecule has 22 heavy (non-hydrogen) atoms. The molecule has 0 bridgehead atoms. The molecular weight excluding hydrogens is 281 g/mol. The molecule has 1 unspecified atom stereocenters. The van der Waals surface area contributed by atoms with Crippen molar-refractivity contribution in [1.82, 2.24) is 19.6 Å². The minimum Gasteiger partial charge on any atom is -0.349 e. The number of rotatable bonds is 2. The van der Waals surface area contributed by atoms with Gasteiger partial charge in [0.1, 0.15) is 18.0 Å². The summed E-state index contributed by atoms with van der Waals surface area (Å²) in [4.78, 5) is 11.0. The molecule has 1 aromatic carbocycles. The Kier molecular flexibility index (Phi) is 2.85. The molecule has 3 aromatic rings. The van der Waals surface area contributed by atoms with E-state index in [0.717, 1.165) is 30.0 Å². The highest BCUT2D eigenvalue weighted by Gasteiger charge is 2.29. The predicted molar refractivity (Wildman–Crippen MR) is 81.4 cm³/mol. The summed E-state index contributed by atoms with van der Waals surface area (Å²) < 4.78 is 14.9. The van der Waals surface area contributed by atoms with Crippen molar-refractivity contribution >= 4 is 11.6 Å². The molecular formula is C16H16FN5. The predicted octanol–water partition coefficient (Wildman–Crippen LogP) is 2.70. The average molecular weight is 297 g/mol. The molecule has 0 amide bonds. The molecule has 0 saturated carbocycles. The number of hydrogen-bond acceptors (Lipinski definition) is 4. The summed E-state index contributed by atoms with van der Waals surface area (Å²) in [5.74, 6) is 1.46. The molecule has 1 aliphatic rings. The van der Waals surface area contributed by atoms with E-state index in [2.05, 4.69) is 26.9 Å². The number of aryl methyl sites for hydroxylation is 1. The highest BCUT2D eigenvalue weighted by Crippen LogP contribution is 2.35. The Labute approximate surface area is 127 Å². The van der Waals surface area contributed by atoms with E-state index >= 15 is 0 Å². The van der Waals surface area contributed by atoms with Crippen LogP contribution in [0.3, 0.4) is 0 Å². The normalized spacial score (nSPS) is 15.3. The standard InChI is InChI=1S/C16H16FN5/c1-10-14-7-8-21(11(2)12-3-5-13(17)6-4-12)15(14)22-16(20-10)18-9-19-22/h3-6,9,11H,7-8H2,1-2H3. The number of nitrogens with zero attached hydrogens (tertiary/aromatic N) is 5. The zero-order valence-electron chi connectivity index (χ0n) is 12.5. The SMILES string of the molecule is Cc1nc2ncnn2c2c1CCN2C(C)c1ccc(F)cc1. The zero-order chi connectivity index (χ0) is 15.3. The summed E-state index contributed by atoms with van der Waals surface area (Å²) in [7, 11) is 0. The third-order valence-corrected chi connectivity index (χ3v) is 4.40. The maximum atomic E-state index is 13.1. The van der Waals surface area contributed by atoms with Gasteiger partial charge in [0.25, 0.3) is 5.78 Å². The molecule has 2 aromatic heterocycles. The Bertz CT molecular complexity index is 840. The summed E-state index contributed by atoms with van der Waals surface area (Å²) in [5.41, 5.74) is 3.30. The van der Waals surface area contributed by atoms with Gasteiger partial charge in [-0.05, 0) is 38.0 Å². The highest BCUT2D eigenvalue weighted by atomic mass is 19.1. The van der Waals surface area contributed by atoms with Crippen LogP contribution in [0.1, 0.15) is 29.8 Å². The number of fused-ring (bicyclic) bond motifs is 3. The van der Waals surface area contributed by atoms with Crippen LogP contribution in [0.2, 0.25) is 0 Å². The Balaban J connectivity index is 1.82. The number of benzene rings is 1. The van der Waals surface area contributed by atoms with E-state index in [4.69, 9.17) is 0 Å². The summed E-state index contributed by atoms with van der Waals surface area (Å²) in [5, 5.41) is 4.31. The van der Waals surface area contributed by atoms with E-state index in [1.165, 1.54) is 24.0 Å².